The van der Waals surface area contributed by atoms with Crippen LogP contribution in [0.25, 0.3) is 0 Å². The fraction of sp³-hybridized carbons (Fsp3) is 0.800. The molecule has 1 aromatic rings. The molecule has 0 saturated carbocycles. The number of ether oxygens (including phenoxy) is 1. The van der Waals surface area contributed by atoms with Gasteiger partial charge in [-0.2, -0.15) is 0 Å². The third kappa shape index (κ3) is 4.10. The quantitative estimate of drug-likeness (QED) is 0.674. The van der Waals surface area contributed by atoms with Crippen molar-refractivity contribution < 1.29 is 14.6 Å². The van der Waals surface area contributed by atoms with Crippen molar-refractivity contribution in [2.75, 3.05) is 13.2 Å². The average molecular weight is 242 g/mol. The molecule has 1 aromatic heterocycles. The van der Waals surface area contributed by atoms with Crippen molar-refractivity contribution in [3.63, 3.8) is 0 Å². The predicted octanol–water partition coefficient (Wildman–Crippen LogP) is 0.678. The van der Waals surface area contributed by atoms with Crippen molar-refractivity contribution in [1.29, 1.82) is 0 Å². The van der Waals surface area contributed by atoms with Crippen molar-refractivity contribution in [1.82, 2.24) is 20.2 Å². The van der Waals surface area contributed by atoms with E-state index in [1.807, 2.05) is 13.8 Å². The molecule has 0 aliphatic rings. The maximum atomic E-state index is 10.7. The highest BCUT2D eigenvalue weighted by Gasteiger charge is 2.18. The predicted molar refractivity (Wildman–Crippen MR) is 59.6 cm³/mol. The summed E-state index contributed by atoms with van der Waals surface area (Å²) in [5.41, 5.74) is 0. The molecule has 1 rings (SSSR count). The molecule has 0 fully saturated rings. The van der Waals surface area contributed by atoms with Gasteiger partial charge >= 0.3 is 5.97 Å². The lowest BCUT2D eigenvalue weighted by Crippen LogP contribution is -2.18. The molecule has 1 atom stereocenters. The normalized spacial score (nSPS) is 12.6. The lowest BCUT2D eigenvalue weighted by molar-refractivity contribution is -0.138. The SMILES string of the molecule is CCOCCc1nnnn1C(CC)CC(=O)O. The van der Waals surface area contributed by atoms with E-state index in [2.05, 4.69) is 15.5 Å². The number of carboxylic acid groups (broad SMARTS) is 1. The molecule has 17 heavy (non-hydrogen) atoms. The highest BCUT2D eigenvalue weighted by Crippen LogP contribution is 2.15. The van der Waals surface area contributed by atoms with Gasteiger partial charge in [-0.05, 0) is 23.8 Å². The molecule has 0 aliphatic carbocycles. The number of hydrogen-bond acceptors (Lipinski definition) is 5. The van der Waals surface area contributed by atoms with Gasteiger partial charge < -0.3 is 9.84 Å². The van der Waals surface area contributed by atoms with E-state index in [9.17, 15) is 4.79 Å². The van der Waals surface area contributed by atoms with Crippen molar-refractivity contribution in [3.05, 3.63) is 5.82 Å². The van der Waals surface area contributed by atoms with Crippen LogP contribution < -0.4 is 0 Å². The minimum Gasteiger partial charge on any atom is -0.481 e. The Kier molecular flexibility index (Phi) is 5.55. The Morgan fingerprint density at radius 1 is 1.53 bits per heavy atom. The third-order valence-corrected chi connectivity index (χ3v) is 2.46. The van der Waals surface area contributed by atoms with Gasteiger partial charge in [-0.15, -0.1) is 5.10 Å². The van der Waals surface area contributed by atoms with Gasteiger partial charge in [0.1, 0.15) is 0 Å². The van der Waals surface area contributed by atoms with E-state index < -0.39 is 5.97 Å². The summed E-state index contributed by atoms with van der Waals surface area (Å²) in [6, 6.07) is -0.195. The lowest BCUT2D eigenvalue weighted by atomic mass is 10.1. The van der Waals surface area contributed by atoms with E-state index in [1.54, 1.807) is 4.68 Å². The van der Waals surface area contributed by atoms with Crippen LogP contribution in [0, 0.1) is 0 Å². The fourth-order valence-corrected chi connectivity index (χ4v) is 1.57. The molecule has 0 bridgehead atoms. The van der Waals surface area contributed by atoms with Crippen molar-refractivity contribution in [3.8, 4) is 0 Å². The van der Waals surface area contributed by atoms with Gasteiger partial charge in [0.15, 0.2) is 5.82 Å². The molecule has 0 spiro atoms. The Bertz CT molecular complexity index is 353. The molecule has 0 aromatic carbocycles. The lowest BCUT2D eigenvalue weighted by Gasteiger charge is -2.14. The summed E-state index contributed by atoms with van der Waals surface area (Å²) in [5, 5.41) is 20.2. The van der Waals surface area contributed by atoms with Crippen molar-refractivity contribution in [2.24, 2.45) is 0 Å². The first-order chi connectivity index (χ1) is 8.19. The van der Waals surface area contributed by atoms with E-state index in [0.717, 1.165) is 0 Å². The molecule has 96 valence electrons. The fourth-order valence-electron chi connectivity index (χ4n) is 1.57. The summed E-state index contributed by atoms with van der Waals surface area (Å²) in [7, 11) is 0. The van der Waals surface area contributed by atoms with Crippen LogP contribution in [0.2, 0.25) is 0 Å². The van der Waals surface area contributed by atoms with Crippen LogP contribution in [0.5, 0.6) is 0 Å². The van der Waals surface area contributed by atoms with Gasteiger partial charge in [0, 0.05) is 13.0 Å². The van der Waals surface area contributed by atoms with E-state index in [1.165, 1.54) is 0 Å². The Hall–Kier alpha value is -1.50. The van der Waals surface area contributed by atoms with Crippen LogP contribution in [-0.4, -0.2) is 44.5 Å². The Morgan fingerprint density at radius 3 is 2.88 bits per heavy atom. The largest absolute Gasteiger partial charge is 0.481 e. The smallest absolute Gasteiger partial charge is 0.305 e. The number of rotatable bonds is 8. The number of carbonyl (C=O) groups is 1. The zero-order chi connectivity index (χ0) is 12.7. The number of aromatic nitrogens is 4. The van der Waals surface area contributed by atoms with Gasteiger partial charge in [-0.25, -0.2) is 4.68 Å². The van der Waals surface area contributed by atoms with Gasteiger partial charge in [-0.1, -0.05) is 6.92 Å². The number of carboxylic acids is 1. The summed E-state index contributed by atoms with van der Waals surface area (Å²) in [5.74, 6) is -0.172. The number of tetrazole rings is 1. The molecule has 0 saturated heterocycles. The first-order valence-electron chi connectivity index (χ1n) is 5.75. The second kappa shape index (κ2) is 6.95. The maximum absolute atomic E-state index is 10.7. The van der Waals surface area contributed by atoms with E-state index >= 15 is 0 Å². The first kappa shape index (κ1) is 13.6. The van der Waals surface area contributed by atoms with Crippen LogP contribution in [0.1, 0.15) is 38.6 Å². The number of hydrogen-bond donors (Lipinski definition) is 1. The van der Waals surface area contributed by atoms with E-state index in [4.69, 9.17) is 9.84 Å². The molecule has 1 heterocycles. The second-order valence-corrected chi connectivity index (χ2v) is 3.65. The van der Waals surface area contributed by atoms with Crippen LogP contribution in [0.4, 0.5) is 0 Å². The molecule has 1 unspecified atom stereocenters. The summed E-state index contributed by atoms with van der Waals surface area (Å²) >= 11 is 0. The summed E-state index contributed by atoms with van der Waals surface area (Å²) in [6.07, 6.45) is 1.30. The molecular formula is C10H18N4O3. The number of aliphatic carboxylic acids is 1. The van der Waals surface area contributed by atoms with Gasteiger partial charge in [0.05, 0.1) is 19.1 Å². The third-order valence-electron chi connectivity index (χ3n) is 2.46. The van der Waals surface area contributed by atoms with Gasteiger partial charge in [0.25, 0.3) is 0 Å². The zero-order valence-corrected chi connectivity index (χ0v) is 10.2. The molecule has 7 nitrogen and oxygen atoms in total. The minimum absolute atomic E-state index is 0.0309. The molecule has 0 amide bonds. The molecule has 7 heteroatoms. The highest BCUT2D eigenvalue weighted by atomic mass is 16.5. The Labute approximate surface area is 99.8 Å². The molecule has 0 radical (unpaired) electrons. The summed E-state index contributed by atoms with van der Waals surface area (Å²) in [6.45, 7) is 5.03. The van der Waals surface area contributed by atoms with Gasteiger partial charge in [-0.3, -0.25) is 4.79 Å². The van der Waals surface area contributed by atoms with E-state index in [0.29, 0.717) is 31.9 Å². The van der Waals surface area contributed by atoms with Crippen LogP contribution in [0.15, 0.2) is 0 Å². The van der Waals surface area contributed by atoms with Crippen molar-refractivity contribution >= 4 is 5.97 Å². The molecular weight excluding hydrogens is 224 g/mol. The maximum Gasteiger partial charge on any atom is 0.305 e. The standard InChI is InChI=1S/C10H18N4O3/c1-3-8(7-10(15)16)14-9(11-12-13-14)5-6-17-4-2/h8H,3-7H2,1-2H3,(H,15,16). The zero-order valence-electron chi connectivity index (χ0n) is 10.2. The Morgan fingerprint density at radius 2 is 2.29 bits per heavy atom. The summed E-state index contributed by atoms with van der Waals surface area (Å²) in [4.78, 5) is 10.7. The van der Waals surface area contributed by atoms with E-state index in [-0.39, 0.29) is 12.5 Å². The minimum atomic E-state index is -0.844. The number of nitrogens with zero attached hydrogens (tertiary/aromatic N) is 4. The average Bonchev–Trinajstić information content (AvgIpc) is 2.74. The second-order valence-electron chi connectivity index (χ2n) is 3.65. The topological polar surface area (TPSA) is 90.1 Å². The first-order valence-corrected chi connectivity index (χ1v) is 5.75. The van der Waals surface area contributed by atoms with Crippen LogP contribution >= 0.6 is 0 Å². The van der Waals surface area contributed by atoms with Gasteiger partial charge in [0.2, 0.25) is 0 Å². The Balaban J connectivity index is 2.67. The molecule has 1 N–H and O–H groups in total. The molecule has 0 aliphatic heterocycles. The highest BCUT2D eigenvalue weighted by molar-refractivity contribution is 5.67. The van der Waals surface area contributed by atoms with Crippen LogP contribution in [0.3, 0.4) is 0 Å². The monoisotopic (exact) mass is 242 g/mol. The van der Waals surface area contributed by atoms with Crippen LogP contribution in [-0.2, 0) is 16.0 Å². The van der Waals surface area contributed by atoms with Crippen molar-refractivity contribution in [2.45, 2.75) is 39.2 Å². The summed E-state index contributed by atoms with van der Waals surface area (Å²) < 4.78 is 6.82.